The molecule has 2 N–H and O–H groups in total. The second kappa shape index (κ2) is 9.49. The van der Waals surface area contributed by atoms with Crippen LogP contribution in [0.15, 0.2) is 109 Å². The van der Waals surface area contributed by atoms with Gasteiger partial charge in [0.1, 0.15) is 0 Å². The van der Waals surface area contributed by atoms with Crippen molar-refractivity contribution in [2.24, 2.45) is 0 Å². The topological polar surface area (TPSA) is 84.2 Å². The summed E-state index contributed by atoms with van der Waals surface area (Å²) >= 11 is 0. The summed E-state index contributed by atoms with van der Waals surface area (Å²) in [7, 11) is 0. The van der Waals surface area contributed by atoms with E-state index in [2.05, 4.69) is 29.6 Å². The van der Waals surface area contributed by atoms with Crippen molar-refractivity contribution < 1.29 is 14.7 Å². The second-order valence-electron chi connectivity index (χ2n) is 7.98. The van der Waals surface area contributed by atoms with Crippen LogP contribution in [0.5, 0.6) is 0 Å². The van der Waals surface area contributed by atoms with Crippen molar-refractivity contribution in [3.05, 3.63) is 120 Å². The van der Waals surface area contributed by atoms with Gasteiger partial charge in [-0.1, -0.05) is 54.6 Å². The predicted molar refractivity (Wildman–Crippen MR) is 138 cm³/mol. The molecule has 1 aromatic heterocycles. The number of rotatable bonds is 6. The minimum atomic E-state index is -1.01. The number of hydrogen-bond acceptors (Lipinski definition) is 3. The number of carbonyl (C=O) groups is 2. The van der Waals surface area contributed by atoms with Gasteiger partial charge in [-0.3, -0.25) is 4.79 Å². The Morgan fingerprint density at radius 1 is 0.829 bits per heavy atom. The Bertz CT molecular complexity index is 1550. The number of carboxylic acid groups (broad SMARTS) is 1. The van der Waals surface area contributed by atoms with Gasteiger partial charge in [-0.25, -0.2) is 9.48 Å². The summed E-state index contributed by atoms with van der Waals surface area (Å²) in [5, 5.41) is 18.9. The first-order valence-electron chi connectivity index (χ1n) is 11.0. The number of nitrogens with zero attached hydrogens (tertiary/aromatic N) is 2. The first-order valence-corrected chi connectivity index (χ1v) is 11.0. The lowest BCUT2D eigenvalue weighted by molar-refractivity contribution is -0.111. The van der Waals surface area contributed by atoms with Gasteiger partial charge < -0.3 is 10.4 Å². The number of aromatic carboxylic acids is 1. The monoisotopic (exact) mass is 459 g/mol. The smallest absolute Gasteiger partial charge is 0.335 e. The van der Waals surface area contributed by atoms with Crippen LogP contribution in [0.2, 0.25) is 0 Å². The molecule has 6 heteroatoms. The SMILES string of the molecule is O=C(C=Cc1cn(-c2ccccc2)nc1-c1ccc2ccccc2c1)Nc1ccc(C(=O)O)cc1. The molecule has 0 atom stereocenters. The lowest BCUT2D eigenvalue weighted by Crippen LogP contribution is -2.08. The Hall–Kier alpha value is -4.97. The van der Waals surface area contributed by atoms with E-state index < -0.39 is 5.97 Å². The van der Waals surface area contributed by atoms with Gasteiger partial charge in [0, 0.05) is 29.1 Å². The van der Waals surface area contributed by atoms with E-state index in [9.17, 15) is 9.59 Å². The number of aromatic nitrogens is 2. The molecule has 0 radical (unpaired) electrons. The minimum Gasteiger partial charge on any atom is -0.478 e. The summed E-state index contributed by atoms with van der Waals surface area (Å²) in [5.74, 6) is -1.34. The number of para-hydroxylation sites is 1. The van der Waals surface area contributed by atoms with Gasteiger partial charge in [0.25, 0.3) is 0 Å². The molecule has 0 aliphatic rings. The Balaban J connectivity index is 1.46. The fourth-order valence-electron chi connectivity index (χ4n) is 3.83. The standard InChI is InChI=1S/C29H21N3O3/c33-27(30-25-15-12-21(13-16-25)29(34)35)17-14-24-19-32(26-8-2-1-3-9-26)31-28(24)23-11-10-20-6-4-5-7-22(20)18-23/h1-19H,(H,30,33)(H,34,35). The van der Waals surface area contributed by atoms with Gasteiger partial charge in [0.2, 0.25) is 5.91 Å². The first kappa shape index (κ1) is 21.9. The van der Waals surface area contributed by atoms with E-state index in [0.29, 0.717) is 5.69 Å². The molecule has 5 aromatic rings. The zero-order chi connectivity index (χ0) is 24.2. The number of fused-ring (bicyclic) bond motifs is 1. The highest BCUT2D eigenvalue weighted by molar-refractivity contribution is 6.02. The molecule has 35 heavy (non-hydrogen) atoms. The number of carboxylic acids is 1. The van der Waals surface area contributed by atoms with Crippen LogP contribution in [0.4, 0.5) is 5.69 Å². The third-order valence-corrected chi connectivity index (χ3v) is 5.60. The van der Waals surface area contributed by atoms with Crippen LogP contribution in [0.1, 0.15) is 15.9 Å². The Labute approximate surface area is 201 Å². The number of nitrogens with one attached hydrogen (secondary N) is 1. The lowest BCUT2D eigenvalue weighted by atomic mass is 10.0. The highest BCUT2D eigenvalue weighted by Gasteiger charge is 2.12. The molecule has 0 bridgehead atoms. The molecule has 6 nitrogen and oxygen atoms in total. The summed E-state index contributed by atoms with van der Waals surface area (Å²) < 4.78 is 1.80. The van der Waals surface area contributed by atoms with Crippen molar-refractivity contribution in [2.75, 3.05) is 5.32 Å². The Kier molecular flexibility index (Phi) is 5.92. The molecule has 0 fully saturated rings. The molecule has 1 heterocycles. The van der Waals surface area contributed by atoms with Crippen molar-refractivity contribution in [3.8, 4) is 16.9 Å². The average Bonchev–Trinajstić information content (AvgIpc) is 3.32. The molecule has 0 saturated heterocycles. The van der Waals surface area contributed by atoms with Crippen LogP contribution in [-0.2, 0) is 4.79 Å². The maximum Gasteiger partial charge on any atom is 0.335 e. The van der Waals surface area contributed by atoms with Crippen LogP contribution in [0.3, 0.4) is 0 Å². The molecular formula is C29H21N3O3. The third kappa shape index (κ3) is 4.86. The number of amides is 1. The van der Waals surface area contributed by atoms with Crippen molar-refractivity contribution in [3.63, 3.8) is 0 Å². The summed E-state index contributed by atoms with van der Waals surface area (Å²) in [6.45, 7) is 0. The van der Waals surface area contributed by atoms with Crippen LogP contribution >= 0.6 is 0 Å². The summed E-state index contributed by atoms with van der Waals surface area (Å²) in [5.41, 5.74) is 4.08. The number of carbonyl (C=O) groups excluding carboxylic acids is 1. The van der Waals surface area contributed by atoms with Crippen molar-refractivity contribution in [1.29, 1.82) is 0 Å². The van der Waals surface area contributed by atoms with E-state index in [1.165, 1.54) is 18.2 Å². The summed E-state index contributed by atoms with van der Waals surface area (Å²) in [6.07, 6.45) is 5.07. The van der Waals surface area contributed by atoms with E-state index >= 15 is 0 Å². The summed E-state index contributed by atoms with van der Waals surface area (Å²) in [4.78, 5) is 23.6. The Morgan fingerprint density at radius 2 is 1.54 bits per heavy atom. The van der Waals surface area contributed by atoms with E-state index in [1.807, 2.05) is 54.7 Å². The first-order chi connectivity index (χ1) is 17.1. The Morgan fingerprint density at radius 3 is 2.29 bits per heavy atom. The van der Waals surface area contributed by atoms with E-state index in [1.54, 1.807) is 22.9 Å². The molecule has 1 amide bonds. The molecule has 170 valence electrons. The van der Waals surface area contributed by atoms with Crippen molar-refractivity contribution in [2.45, 2.75) is 0 Å². The van der Waals surface area contributed by atoms with Crippen LogP contribution in [0, 0.1) is 0 Å². The summed E-state index contributed by atoms with van der Waals surface area (Å²) in [6, 6.07) is 30.1. The molecule has 0 aliphatic heterocycles. The average molecular weight is 460 g/mol. The van der Waals surface area contributed by atoms with Crippen molar-refractivity contribution in [1.82, 2.24) is 9.78 Å². The third-order valence-electron chi connectivity index (χ3n) is 5.60. The number of benzene rings is 4. The second-order valence-corrected chi connectivity index (χ2v) is 7.98. The molecule has 4 aromatic carbocycles. The van der Waals surface area contributed by atoms with E-state index in [4.69, 9.17) is 10.2 Å². The normalized spacial score (nSPS) is 11.1. The lowest BCUT2D eigenvalue weighted by Gasteiger charge is -2.04. The largest absolute Gasteiger partial charge is 0.478 e. The fraction of sp³-hybridized carbons (Fsp3) is 0. The van der Waals surface area contributed by atoms with Gasteiger partial charge in [0.05, 0.1) is 16.9 Å². The molecule has 0 spiro atoms. The molecule has 0 aliphatic carbocycles. The highest BCUT2D eigenvalue weighted by Crippen LogP contribution is 2.28. The van der Waals surface area contributed by atoms with Crippen LogP contribution in [-0.4, -0.2) is 26.8 Å². The maximum atomic E-state index is 12.6. The van der Waals surface area contributed by atoms with Crippen LogP contribution < -0.4 is 5.32 Å². The molecular weight excluding hydrogens is 438 g/mol. The van der Waals surface area contributed by atoms with Crippen molar-refractivity contribution >= 4 is 34.4 Å². The van der Waals surface area contributed by atoms with Gasteiger partial charge >= 0.3 is 5.97 Å². The zero-order valence-corrected chi connectivity index (χ0v) is 18.6. The predicted octanol–water partition coefficient (Wildman–Crippen LogP) is 6.04. The minimum absolute atomic E-state index is 0.159. The highest BCUT2D eigenvalue weighted by atomic mass is 16.4. The van der Waals surface area contributed by atoms with E-state index in [-0.39, 0.29) is 11.5 Å². The zero-order valence-electron chi connectivity index (χ0n) is 18.6. The van der Waals surface area contributed by atoms with Gasteiger partial charge in [0.15, 0.2) is 0 Å². The molecule has 0 unspecified atom stereocenters. The van der Waals surface area contributed by atoms with Gasteiger partial charge in [-0.05, 0) is 59.3 Å². The fourth-order valence-corrected chi connectivity index (χ4v) is 3.83. The molecule has 0 saturated carbocycles. The van der Waals surface area contributed by atoms with Gasteiger partial charge in [-0.2, -0.15) is 5.10 Å². The maximum absolute atomic E-state index is 12.6. The van der Waals surface area contributed by atoms with Gasteiger partial charge in [-0.15, -0.1) is 0 Å². The molecule has 5 rings (SSSR count). The van der Waals surface area contributed by atoms with Crippen LogP contribution in [0.25, 0.3) is 33.8 Å². The number of hydrogen-bond donors (Lipinski definition) is 2. The quantitative estimate of drug-likeness (QED) is 0.303. The van der Waals surface area contributed by atoms with E-state index in [0.717, 1.165) is 33.3 Å². The number of anilines is 1.